The van der Waals surface area contributed by atoms with Crippen LogP contribution in [0.25, 0.3) is 0 Å². The van der Waals surface area contributed by atoms with Gasteiger partial charge in [-0.1, -0.05) is 0 Å². The van der Waals surface area contributed by atoms with Crippen LogP contribution in [-0.4, -0.2) is 0 Å². The summed E-state index contributed by atoms with van der Waals surface area (Å²) in [6.45, 7) is 0. The van der Waals surface area contributed by atoms with E-state index in [2.05, 4.69) is 2.59 Å². The minimum absolute atomic E-state index is 0. The fourth-order valence-electron chi connectivity index (χ4n) is 0.0272. The Morgan fingerprint density at radius 2 is 1.62 bits per heavy atom. The van der Waals surface area contributed by atoms with Crippen molar-refractivity contribution >= 4 is 24.8 Å². The van der Waals surface area contributed by atoms with E-state index in [-0.39, 0.29) is 24.8 Å². The van der Waals surface area contributed by atoms with Gasteiger partial charge in [0.25, 0.3) is 0 Å². The molecule has 0 atom stereocenters. The van der Waals surface area contributed by atoms with E-state index in [4.69, 9.17) is 0 Å². The predicted molar refractivity (Wildman–Crippen MR) is 17.6 cm³/mol. The Kier molecular flexibility index (Phi) is 22.0. The molecule has 0 bridgehead atoms. The van der Waals surface area contributed by atoms with Gasteiger partial charge in [0.05, 0.1) is 0 Å². The molecule has 0 rings (SSSR count). The molecule has 0 aliphatic carbocycles. The molecule has 0 saturated heterocycles. The van der Waals surface area contributed by atoms with E-state index in [0.29, 0.717) is 0 Å². The molecule has 0 fully saturated rings. The first kappa shape index (κ1) is 16.0. The second-order valence-electron chi connectivity index (χ2n) is 0.380. The standard InChI is InChI=1S/2ClH.4O.2V/h2*1H;;;;;;. The van der Waals surface area contributed by atoms with Crippen molar-refractivity contribution in [2.24, 2.45) is 0 Å². The van der Waals surface area contributed by atoms with Gasteiger partial charge in [-0.3, -0.25) is 0 Å². The molecule has 0 unspecified atom stereocenters. The molecule has 0 aromatic carbocycles. The zero-order valence-electron chi connectivity index (χ0n) is 3.34. The van der Waals surface area contributed by atoms with Crippen molar-refractivity contribution in [2.75, 3.05) is 0 Å². The van der Waals surface area contributed by atoms with Crippen LogP contribution < -0.4 is 0 Å². The summed E-state index contributed by atoms with van der Waals surface area (Å²) < 4.78 is 31.5. The molecule has 0 amide bonds. The van der Waals surface area contributed by atoms with Crippen LogP contribution in [0.15, 0.2) is 0 Å². The van der Waals surface area contributed by atoms with Gasteiger partial charge < -0.3 is 0 Å². The van der Waals surface area contributed by atoms with Crippen molar-refractivity contribution in [1.29, 1.82) is 0 Å². The Hall–Kier alpha value is 1.11. The van der Waals surface area contributed by atoms with E-state index < -0.39 is 32.0 Å². The summed E-state index contributed by atoms with van der Waals surface area (Å²) in [5, 5.41) is 0. The Morgan fingerprint density at radius 1 is 1.25 bits per heavy atom. The molecule has 0 aromatic rings. The van der Waals surface area contributed by atoms with Crippen LogP contribution in [0.5, 0.6) is 0 Å². The monoisotopic (exact) mass is 238 g/mol. The molecule has 0 aliphatic rings. The number of hydrogen-bond acceptors (Lipinski definition) is 4. The first-order valence-electron chi connectivity index (χ1n) is 0.913. The second-order valence-corrected chi connectivity index (χ2v) is 2.62. The summed E-state index contributed by atoms with van der Waals surface area (Å²) in [6, 6.07) is 0. The second kappa shape index (κ2) is 11.0. The average molecular weight is 239 g/mol. The van der Waals surface area contributed by atoms with Crippen molar-refractivity contribution < 1.29 is 45.6 Å². The Bertz CT molecular complexity index is 98.6. The average Bonchev–Trinajstić information content (AvgIpc) is 1.35. The molecule has 4 nitrogen and oxygen atoms in total. The molecule has 0 N–H and O–H groups in total. The van der Waals surface area contributed by atoms with Crippen LogP contribution in [0.1, 0.15) is 0 Å². The number of halogens is 2. The summed E-state index contributed by atoms with van der Waals surface area (Å²) in [7, 11) is 0. The van der Waals surface area contributed by atoms with Gasteiger partial charge in [0.1, 0.15) is 0 Å². The van der Waals surface area contributed by atoms with Crippen molar-refractivity contribution in [3.05, 3.63) is 0 Å². The van der Waals surface area contributed by atoms with Crippen LogP contribution in [0, 0.1) is 0 Å². The SMILES string of the molecule is Cl.Cl.[O]=[V][O][V](=[O])=[O]. The molecular weight excluding hydrogens is 237 g/mol. The summed E-state index contributed by atoms with van der Waals surface area (Å²) >= 11 is -5.12. The van der Waals surface area contributed by atoms with E-state index in [1.165, 1.54) is 0 Å². The minimum atomic E-state index is -3.49. The van der Waals surface area contributed by atoms with Gasteiger partial charge in [-0.25, -0.2) is 0 Å². The topological polar surface area (TPSA) is 60.4 Å². The summed E-state index contributed by atoms with van der Waals surface area (Å²) in [5.41, 5.74) is 0. The number of rotatable bonds is 2. The van der Waals surface area contributed by atoms with Crippen LogP contribution in [-0.2, 0) is 45.6 Å². The molecule has 0 spiro atoms. The molecule has 0 saturated carbocycles. The third-order valence-corrected chi connectivity index (χ3v) is 1.70. The van der Waals surface area contributed by atoms with Gasteiger partial charge >= 0.3 is 45.6 Å². The molecule has 0 aromatic heterocycles. The normalized spacial score (nSPS) is 5.50. The first-order valence-corrected chi connectivity index (χ1v) is 3.76. The van der Waals surface area contributed by atoms with Gasteiger partial charge in [0.2, 0.25) is 0 Å². The van der Waals surface area contributed by atoms with Crippen molar-refractivity contribution in [2.45, 2.75) is 0 Å². The van der Waals surface area contributed by atoms with Crippen LogP contribution in [0.3, 0.4) is 0 Å². The van der Waals surface area contributed by atoms with E-state index in [9.17, 15) is 11.0 Å². The van der Waals surface area contributed by atoms with Crippen LogP contribution in [0.2, 0.25) is 0 Å². The molecule has 0 aliphatic heterocycles. The fourth-order valence-corrected chi connectivity index (χ4v) is 0.463. The molecule has 0 radical (unpaired) electrons. The molecule has 8 heavy (non-hydrogen) atoms. The fraction of sp³-hybridized carbons (Fsp3) is 0. The van der Waals surface area contributed by atoms with Gasteiger partial charge in [0, 0.05) is 0 Å². The van der Waals surface area contributed by atoms with Gasteiger partial charge in [-0.2, -0.15) is 0 Å². The summed E-state index contributed by atoms with van der Waals surface area (Å²) in [6.07, 6.45) is 0. The third-order valence-electron chi connectivity index (χ3n) is 0.100. The first-order chi connectivity index (χ1) is 2.77. The summed E-state index contributed by atoms with van der Waals surface area (Å²) in [4.78, 5) is 0. The van der Waals surface area contributed by atoms with Gasteiger partial charge in [-0.05, 0) is 0 Å². The van der Waals surface area contributed by atoms with Crippen molar-refractivity contribution in [1.82, 2.24) is 0 Å². The molecule has 0 heterocycles. The van der Waals surface area contributed by atoms with Gasteiger partial charge in [0.15, 0.2) is 0 Å². The maximum atomic E-state index is 9.32. The van der Waals surface area contributed by atoms with Gasteiger partial charge in [-0.15, -0.1) is 24.8 Å². The van der Waals surface area contributed by atoms with Crippen LogP contribution >= 0.6 is 24.8 Å². The predicted octanol–water partition coefficient (Wildman–Crippen LogP) is 0.414. The zero-order chi connectivity index (χ0) is 4.99. The quantitative estimate of drug-likeness (QED) is 0.700. The molecular formula is H2Cl2O4V2. The Morgan fingerprint density at radius 3 is 1.62 bits per heavy atom. The summed E-state index contributed by atoms with van der Waals surface area (Å²) in [5.74, 6) is 0. The van der Waals surface area contributed by atoms with Crippen molar-refractivity contribution in [3.8, 4) is 0 Å². The van der Waals surface area contributed by atoms with E-state index in [1.54, 1.807) is 0 Å². The van der Waals surface area contributed by atoms with Crippen LogP contribution in [0.4, 0.5) is 0 Å². The Labute approximate surface area is 70.2 Å². The zero-order valence-corrected chi connectivity index (χ0v) is 7.77. The third kappa shape index (κ3) is 15.7. The maximum absolute atomic E-state index is 9.32. The van der Waals surface area contributed by atoms with Crippen molar-refractivity contribution in [3.63, 3.8) is 0 Å². The number of hydrogen-bond donors (Lipinski definition) is 0. The molecule has 8 heteroatoms. The van der Waals surface area contributed by atoms with E-state index >= 15 is 0 Å². The Balaban J connectivity index is -0.000000125. The molecule has 50 valence electrons. The van der Waals surface area contributed by atoms with E-state index in [1.807, 2.05) is 0 Å². The van der Waals surface area contributed by atoms with E-state index in [0.717, 1.165) is 0 Å².